The van der Waals surface area contributed by atoms with Gasteiger partial charge in [0.1, 0.15) is 11.4 Å². The number of benzene rings is 5. The molecule has 0 radical (unpaired) electrons. The summed E-state index contributed by atoms with van der Waals surface area (Å²) in [5.41, 5.74) is 2.84. The first kappa shape index (κ1) is 59.6. The van der Waals surface area contributed by atoms with E-state index in [1.54, 1.807) is 50.1 Å². The highest BCUT2D eigenvalue weighted by atomic mass is 32.2. The van der Waals surface area contributed by atoms with Gasteiger partial charge in [0.25, 0.3) is 52.3 Å². The molecule has 25 heteroatoms. The van der Waals surface area contributed by atoms with Crippen molar-refractivity contribution < 1.29 is 85.2 Å². The molecule has 0 aliphatic carbocycles. The number of rotatable bonds is 21. The summed E-state index contributed by atoms with van der Waals surface area (Å²) in [5.74, 6) is -2.98. The van der Waals surface area contributed by atoms with E-state index in [1.807, 2.05) is 38.1 Å². The first-order valence-corrected chi connectivity index (χ1v) is 31.2. The molecule has 0 saturated carbocycles. The van der Waals surface area contributed by atoms with E-state index in [0.717, 1.165) is 23.0 Å². The Morgan fingerprint density at radius 1 is 0.738 bits per heavy atom. The topological polar surface area (TPSA) is 306 Å². The predicted molar refractivity (Wildman–Crippen MR) is 296 cm³/mol. The highest BCUT2D eigenvalue weighted by Gasteiger charge is 2.49. The third-order valence-electron chi connectivity index (χ3n) is 14.9. The Labute approximate surface area is 463 Å². The average Bonchev–Trinajstić information content (AvgIpc) is 4.17. The van der Waals surface area contributed by atoms with Crippen molar-refractivity contribution in [3.8, 4) is 0 Å². The van der Waals surface area contributed by atoms with Gasteiger partial charge in [-0.15, -0.1) is 5.06 Å². The Balaban J connectivity index is 1.40. The first-order chi connectivity index (χ1) is 37.5. The lowest BCUT2D eigenvalue weighted by Gasteiger charge is -2.31. The van der Waals surface area contributed by atoms with Gasteiger partial charge in [-0.05, 0) is 139 Å². The highest BCUT2D eigenvalue weighted by Crippen LogP contribution is 2.54. The van der Waals surface area contributed by atoms with Crippen LogP contribution in [0.25, 0.3) is 27.1 Å². The van der Waals surface area contributed by atoms with E-state index in [-0.39, 0.29) is 66.7 Å². The average molecular weight is 1180 g/mol. The van der Waals surface area contributed by atoms with Crippen molar-refractivity contribution >= 4 is 102 Å². The minimum atomic E-state index is -5.14. The van der Waals surface area contributed by atoms with Crippen LogP contribution in [0.3, 0.4) is 0 Å². The number of methoxy groups -OCH3 is 2. The molecule has 426 valence electrons. The van der Waals surface area contributed by atoms with Crippen LogP contribution in [0.1, 0.15) is 91.9 Å². The number of hydroxylamine groups is 2. The third-order valence-corrected chi connectivity index (χ3v) is 18.3. The number of carbonyl (C=O) groups is 3. The number of imide groups is 1. The Hall–Kier alpha value is -6.52. The molecule has 2 unspecified atom stereocenters. The number of carbonyl (C=O) groups excluding carboxylic acids is 3. The normalized spacial score (nSPS) is 19.6. The van der Waals surface area contributed by atoms with E-state index in [0.29, 0.717) is 74.9 Å². The fourth-order valence-corrected chi connectivity index (χ4v) is 13.5. The van der Waals surface area contributed by atoms with Gasteiger partial charge >= 0.3 is 5.97 Å². The molecule has 3 heterocycles. The van der Waals surface area contributed by atoms with E-state index < -0.39 is 84.6 Å². The molecule has 2 amide bonds. The lowest BCUT2D eigenvalue weighted by molar-refractivity contribution is -0.437. The standard InChI is InChI=1S/C55H59N3O18S4/c1-7-25-56-44-17-11-36-9-14-38(78(65,66)67)31-42(36)51(44)54(3,23-27-74-5)47(56)19-12-35(40-15-10-37(30-34(40)2)53(61)76-58-49(59)21-22-50(58)60)13-20-48-55(4,24-28-75-6)52-43-32-39(79(68,69)70)33-46(80(71,72)73)41(43)16-18-45(52)57(48)26-8-29-77(62,63)64/h9-20,30-33H,7-8,21-29H2,1-6H3,(H3-,62,63,64,65,66,67,68,69,70,71,72,73)/p+1. The van der Waals surface area contributed by atoms with Crippen molar-refractivity contribution in [2.24, 2.45) is 0 Å². The summed E-state index contributed by atoms with van der Waals surface area (Å²) >= 11 is 0. The monoisotopic (exact) mass is 1180 g/mol. The zero-order valence-electron chi connectivity index (χ0n) is 44.5. The zero-order valence-corrected chi connectivity index (χ0v) is 47.8. The van der Waals surface area contributed by atoms with E-state index >= 15 is 0 Å². The molecule has 3 aliphatic rings. The van der Waals surface area contributed by atoms with Gasteiger partial charge in [-0.25, -0.2) is 4.79 Å². The summed E-state index contributed by atoms with van der Waals surface area (Å²) in [6.07, 6.45) is 8.05. The van der Waals surface area contributed by atoms with Gasteiger partial charge in [-0.2, -0.15) is 38.2 Å². The second-order valence-corrected chi connectivity index (χ2v) is 26.0. The van der Waals surface area contributed by atoms with Crippen molar-refractivity contribution in [2.45, 2.75) is 91.7 Å². The number of hydrogen-bond acceptors (Lipinski definition) is 15. The lowest BCUT2D eigenvalue weighted by Crippen LogP contribution is -2.33. The van der Waals surface area contributed by atoms with Crippen LogP contribution >= 0.6 is 0 Å². The Kier molecular flexibility index (Phi) is 16.7. The molecule has 0 aromatic heterocycles. The van der Waals surface area contributed by atoms with E-state index in [1.165, 1.54) is 43.5 Å². The van der Waals surface area contributed by atoms with Gasteiger partial charge in [0.05, 0.1) is 26.5 Å². The number of nitrogens with zero attached hydrogens (tertiary/aromatic N) is 3. The molecule has 0 spiro atoms. The second-order valence-electron chi connectivity index (χ2n) is 20.2. The first-order valence-electron chi connectivity index (χ1n) is 25.2. The van der Waals surface area contributed by atoms with Crippen LogP contribution in [0, 0.1) is 6.92 Å². The van der Waals surface area contributed by atoms with Crippen LogP contribution in [0.4, 0.5) is 11.4 Å². The minimum Gasteiger partial charge on any atom is -0.385 e. The number of aryl methyl sites for hydroxylation is 1. The van der Waals surface area contributed by atoms with Crippen molar-refractivity contribution in [1.29, 1.82) is 0 Å². The fourth-order valence-electron chi connectivity index (χ4n) is 11.2. The van der Waals surface area contributed by atoms with Crippen LogP contribution in [-0.2, 0) is 75.2 Å². The number of hydrogen-bond donors (Lipinski definition) is 4. The molecular weight excluding hydrogens is 1120 g/mol. The number of amides is 2. The maximum Gasteiger partial charge on any atom is 0.363 e. The number of fused-ring (bicyclic) bond motifs is 6. The van der Waals surface area contributed by atoms with Crippen LogP contribution in [0.2, 0.25) is 0 Å². The summed E-state index contributed by atoms with van der Waals surface area (Å²) in [6, 6.07) is 17.5. The summed E-state index contributed by atoms with van der Waals surface area (Å²) in [4.78, 5) is 43.4. The molecule has 1 saturated heterocycles. The largest absolute Gasteiger partial charge is 0.385 e. The quantitative estimate of drug-likeness (QED) is 0.0237. The van der Waals surface area contributed by atoms with Gasteiger partial charge in [0, 0.05) is 93.1 Å². The molecule has 21 nitrogen and oxygen atoms in total. The minimum absolute atomic E-state index is 0.00209. The van der Waals surface area contributed by atoms with Crippen molar-refractivity contribution in [2.75, 3.05) is 51.2 Å². The van der Waals surface area contributed by atoms with E-state index in [9.17, 15) is 66.3 Å². The number of allylic oxidation sites excluding steroid dienone is 6. The van der Waals surface area contributed by atoms with Crippen molar-refractivity contribution in [1.82, 2.24) is 5.06 Å². The van der Waals surface area contributed by atoms with Gasteiger partial charge in [0.2, 0.25) is 5.69 Å². The molecule has 0 bridgehead atoms. The van der Waals surface area contributed by atoms with Crippen molar-refractivity contribution in [3.63, 3.8) is 0 Å². The second kappa shape index (κ2) is 22.4. The van der Waals surface area contributed by atoms with Gasteiger partial charge in [0.15, 0.2) is 5.71 Å². The predicted octanol–water partition coefficient (Wildman–Crippen LogP) is 7.68. The molecule has 4 N–H and O–H groups in total. The zero-order chi connectivity index (χ0) is 58.5. The summed E-state index contributed by atoms with van der Waals surface area (Å²) in [5, 5.41) is 1.65. The van der Waals surface area contributed by atoms with Crippen LogP contribution in [-0.4, -0.2) is 131 Å². The molecule has 5 aromatic rings. The maximum absolute atomic E-state index is 13.5. The molecule has 1 fully saturated rings. The molecule has 5 aromatic carbocycles. The Morgan fingerprint density at radius 2 is 1.38 bits per heavy atom. The molecular formula is C55H60N3O18S4+. The van der Waals surface area contributed by atoms with Gasteiger partial charge < -0.3 is 19.2 Å². The molecule has 3 aliphatic heterocycles. The van der Waals surface area contributed by atoms with Gasteiger partial charge in [-0.3, -0.25) is 27.8 Å². The van der Waals surface area contributed by atoms with Crippen molar-refractivity contribution in [3.05, 3.63) is 131 Å². The Bertz CT molecular complexity index is 4000. The Morgan fingerprint density at radius 3 is 1.98 bits per heavy atom. The third kappa shape index (κ3) is 11.7. The summed E-state index contributed by atoms with van der Waals surface area (Å²) in [7, 11) is -16.3. The fraction of sp³-hybridized carbons (Fsp3) is 0.345. The van der Waals surface area contributed by atoms with Crippen LogP contribution in [0.15, 0.2) is 117 Å². The smallest absolute Gasteiger partial charge is 0.363 e. The lowest BCUT2D eigenvalue weighted by atomic mass is 9.74. The van der Waals surface area contributed by atoms with E-state index in [2.05, 4.69) is 4.58 Å². The number of anilines is 1. The van der Waals surface area contributed by atoms with E-state index in [4.69, 9.17) is 14.3 Å². The van der Waals surface area contributed by atoms with Crippen LogP contribution < -0.4 is 4.90 Å². The van der Waals surface area contributed by atoms with Crippen LogP contribution in [0.5, 0.6) is 0 Å². The highest BCUT2D eigenvalue weighted by molar-refractivity contribution is 7.87. The molecule has 80 heavy (non-hydrogen) atoms. The number of ether oxygens (including phenoxy) is 2. The molecule has 2 atom stereocenters. The maximum atomic E-state index is 13.5. The SMILES string of the molecule is CCC[N+]1=C(/C=C/C(=C/C=C2/N(CCCS(=O)(=O)O)c3ccc4c(S(=O)(=O)O)cc(S(=O)(=O)O)cc4c3C2(C)CCOC)c2ccc(C(=O)ON3C(=O)CCC3=O)cc2C)C(C)(CCOC)c2c1ccc1ccc(S(=O)(=O)O)cc21. The summed E-state index contributed by atoms with van der Waals surface area (Å²) < 4.78 is 155. The van der Waals surface area contributed by atoms with Gasteiger partial charge in [-0.1, -0.05) is 31.2 Å². The molecule has 8 rings (SSSR count). The summed E-state index contributed by atoms with van der Waals surface area (Å²) in [6.45, 7) is 8.26.